The number of hydrogen-bond acceptors (Lipinski definition) is 7. The summed E-state index contributed by atoms with van der Waals surface area (Å²) in [5.41, 5.74) is 5.60. The maximum absolute atomic E-state index is 12.7. The predicted molar refractivity (Wildman–Crippen MR) is 137 cm³/mol. The van der Waals surface area contributed by atoms with E-state index >= 15 is 0 Å². The first-order valence-corrected chi connectivity index (χ1v) is 14.5. The van der Waals surface area contributed by atoms with Crippen molar-refractivity contribution in [2.45, 2.75) is 50.3 Å². The highest BCUT2D eigenvalue weighted by Crippen LogP contribution is 2.43. The van der Waals surface area contributed by atoms with Gasteiger partial charge in [-0.05, 0) is 80.5 Å². The number of halogens is 1. The summed E-state index contributed by atoms with van der Waals surface area (Å²) in [4.78, 5) is 19.7. The van der Waals surface area contributed by atoms with Gasteiger partial charge in [-0.2, -0.15) is 5.26 Å². The standard InChI is InChI=1S/C26H25BrN4O4S/c1-14-17(3-2-4-21(14)27)26-29-22-11-19-18(20(12-28)24(22)35-26)7-8-23(19)31-10-9-15(13-31)25(32)30-36(33,34)16-5-6-16/h2-4,11,15-16,23H,5-10,13H2,1H3,(H,30,32)/t15-,23?/m1/s1. The molecule has 1 saturated heterocycles. The van der Waals surface area contributed by atoms with Gasteiger partial charge in [0.2, 0.25) is 21.8 Å². The molecule has 2 aromatic carbocycles. The lowest BCUT2D eigenvalue weighted by atomic mass is 10.0. The minimum absolute atomic E-state index is 0.0575. The second-order valence-corrected chi connectivity index (χ2v) is 12.8. The van der Waals surface area contributed by atoms with Crippen LogP contribution >= 0.6 is 15.9 Å². The second kappa shape index (κ2) is 8.68. The van der Waals surface area contributed by atoms with Gasteiger partial charge in [0.25, 0.3) is 0 Å². The lowest BCUT2D eigenvalue weighted by Gasteiger charge is -2.24. The third-order valence-corrected chi connectivity index (χ3v) is 10.4. The van der Waals surface area contributed by atoms with Gasteiger partial charge in [0.1, 0.15) is 17.1 Å². The van der Waals surface area contributed by atoms with Crippen LogP contribution in [0.15, 0.2) is 33.2 Å². The summed E-state index contributed by atoms with van der Waals surface area (Å²) >= 11 is 3.56. The van der Waals surface area contributed by atoms with Gasteiger partial charge in [-0.1, -0.05) is 22.0 Å². The number of nitrogens with zero attached hydrogens (tertiary/aromatic N) is 3. The molecule has 3 aromatic rings. The molecule has 8 nitrogen and oxygen atoms in total. The average molecular weight is 569 g/mol. The molecule has 0 radical (unpaired) electrons. The molecule has 6 rings (SSSR count). The number of nitriles is 1. The SMILES string of the molecule is Cc1c(Br)cccc1-c1nc2cc3c(c(C#N)c2o1)CCC3N1CC[C@@H](C(=O)NS(=O)(=O)C2CC2)C1. The molecule has 2 atom stereocenters. The first kappa shape index (κ1) is 23.6. The maximum atomic E-state index is 12.7. The Morgan fingerprint density at radius 1 is 1.28 bits per heavy atom. The van der Waals surface area contributed by atoms with Crippen LogP contribution in [0.1, 0.15) is 54.0 Å². The zero-order chi connectivity index (χ0) is 25.2. The highest BCUT2D eigenvalue weighted by molar-refractivity contribution is 9.10. The minimum Gasteiger partial charge on any atom is -0.435 e. The topological polar surface area (TPSA) is 116 Å². The van der Waals surface area contributed by atoms with Crippen molar-refractivity contribution in [3.8, 4) is 17.5 Å². The maximum Gasteiger partial charge on any atom is 0.237 e. The van der Waals surface area contributed by atoms with E-state index in [0.717, 1.165) is 39.6 Å². The summed E-state index contributed by atoms with van der Waals surface area (Å²) in [5.74, 6) is -0.281. The van der Waals surface area contributed by atoms with Gasteiger partial charge in [0.15, 0.2) is 5.58 Å². The monoisotopic (exact) mass is 568 g/mol. The van der Waals surface area contributed by atoms with E-state index in [-0.39, 0.29) is 12.0 Å². The highest BCUT2D eigenvalue weighted by atomic mass is 79.9. The number of carbonyl (C=O) groups is 1. The molecule has 1 aliphatic heterocycles. The molecule has 1 saturated carbocycles. The van der Waals surface area contributed by atoms with Gasteiger partial charge in [-0.15, -0.1) is 0 Å². The number of nitrogens with one attached hydrogen (secondary N) is 1. The molecule has 0 bridgehead atoms. The number of likely N-dealkylation sites (tertiary alicyclic amines) is 1. The van der Waals surface area contributed by atoms with Crippen LogP contribution in [0.5, 0.6) is 0 Å². The Morgan fingerprint density at radius 3 is 2.83 bits per heavy atom. The van der Waals surface area contributed by atoms with Gasteiger partial charge < -0.3 is 4.42 Å². The number of rotatable bonds is 5. The molecule has 3 aliphatic rings. The fourth-order valence-electron chi connectivity index (χ4n) is 5.55. The fraction of sp³-hybridized carbons (Fsp3) is 0.423. The summed E-state index contributed by atoms with van der Waals surface area (Å²) in [7, 11) is -3.54. The van der Waals surface area contributed by atoms with Crippen molar-refractivity contribution in [3.05, 3.63) is 51.0 Å². The van der Waals surface area contributed by atoms with E-state index in [2.05, 4.69) is 31.6 Å². The molecule has 1 unspecified atom stereocenters. The number of aromatic nitrogens is 1. The van der Waals surface area contributed by atoms with E-state index < -0.39 is 21.2 Å². The van der Waals surface area contributed by atoms with E-state index in [4.69, 9.17) is 9.40 Å². The molecule has 0 spiro atoms. The molecular weight excluding hydrogens is 544 g/mol. The second-order valence-electron chi connectivity index (χ2n) is 9.96. The van der Waals surface area contributed by atoms with Gasteiger partial charge in [0, 0.05) is 22.6 Å². The molecular formula is C26H25BrN4O4S. The Morgan fingerprint density at radius 2 is 2.08 bits per heavy atom. The first-order valence-electron chi connectivity index (χ1n) is 12.2. The molecule has 36 heavy (non-hydrogen) atoms. The molecule has 1 aromatic heterocycles. The quantitative estimate of drug-likeness (QED) is 0.486. The number of benzene rings is 2. The predicted octanol–water partition coefficient (Wildman–Crippen LogP) is 4.36. The Bertz CT molecular complexity index is 1550. The average Bonchev–Trinajstić information content (AvgIpc) is 3.26. The van der Waals surface area contributed by atoms with Crippen LogP contribution in [0.4, 0.5) is 0 Å². The van der Waals surface area contributed by atoms with Crippen molar-refractivity contribution in [2.24, 2.45) is 5.92 Å². The molecule has 2 heterocycles. The summed E-state index contributed by atoms with van der Waals surface area (Å²) in [6.45, 7) is 3.19. The lowest BCUT2D eigenvalue weighted by Crippen LogP contribution is -2.38. The largest absolute Gasteiger partial charge is 0.435 e. The van der Waals surface area contributed by atoms with Crippen molar-refractivity contribution in [1.82, 2.24) is 14.6 Å². The van der Waals surface area contributed by atoms with Gasteiger partial charge >= 0.3 is 0 Å². The van der Waals surface area contributed by atoms with Crippen LogP contribution in [-0.4, -0.2) is 42.5 Å². The van der Waals surface area contributed by atoms with Crippen molar-refractivity contribution in [3.63, 3.8) is 0 Å². The van der Waals surface area contributed by atoms with Crippen LogP contribution in [0, 0.1) is 24.2 Å². The summed E-state index contributed by atoms with van der Waals surface area (Å²) < 4.78 is 33.8. The van der Waals surface area contributed by atoms with E-state index in [9.17, 15) is 18.5 Å². The Labute approximate surface area is 217 Å². The summed E-state index contributed by atoms with van der Waals surface area (Å²) in [5, 5.41) is 9.62. The van der Waals surface area contributed by atoms with Crippen molar-refractivity contribution < 1.29 is 17.6 Å². The van der Waals surface area contributed by atoms with Crippen LogP contribution < -0.4 is 4.72 Å². The Kier molecular flexibility index (Phi) is 5.70. The van der Waals surface area contributed by atoms with Crippen molar-refractivity contribution in [1.29, 1.82) is 5.26 Å². The molecule has 2 fully saturated rings. The van der Waals surface area contributed by atoms with E-state index in [1.54, 1.807) is 0 Å². The minimum atomic E-state index is -3.54. The van der Waals surface area contributed by atoms with Gasteiger partial charge in [0.05, 0.1) is 11.2 Å². The lowest BCUT2D eigenvalue weighted by molar-refractivity contribution is -0.122. The molecule has 1 amide bonds. The Balaban J connectivity index is 1.29. The third-order valence-electron chi connectivity index (χ3n) is 7.70. The number of amides is 1. The van der Waals surface area contributed by atoms with Crippen molar-refractivity contribution >= 4 is 43.0 Å². The smallest absolute Gasteiger partial charge is 0.237 e. The first-order chi connectivity index (χ1) is 17.3. The number of carbonyl (C=O) groups excluding carboxylic acids is 1. The van der Waals surface area contributed by atoms with E-state index in [1.807, 2.05) is 31.2 Å². The van der Waals surface area contributed by atoms with Crippen LogP contribution in [0.3, 0.4) is 0 Å². The van der Waals surface area contributed by atoms with Gasteiger partial charge in [-0.3, -0.25) is 14.4 Å². The summed E-state index contributed by atoms with van der Waals surface area (Å²) in [6.07, 6.45) is 3.44. The zero-order valence-electron chi connectivity index (χ0n) is 19.8. The molecule has 186 valence electrons. The third kappa shape index (κ3) is 3.94. The fourth-order valence-corrected chi connectivity index (χ4v) is 7.29. The molecule has 10 heteroatoms. The highest BCUT2D eigenvalue weighted by Gasteiger charge is 2.41. The number of oxazole rings is 1. The number of fused-ring (bicyclic) bond motifs is 2. The van der Waals surface area contributed by atoms with Crippen LogP contribution in [0.25, 0.3) is 22.6 Å². The molecule has 2 aliphatic carbocycles. The van der Waals surface area contributed by atoms with Gasteiger partial charge in [-0.25, -0.2) is 13.4 Å². The van der Waals surface area contributed by atoms with E-state index in [0.29, 0.717) is 54.9 Å². The number of hydrogen-bond donors (Lipinski definition) is 1. The zero-order valence-corrected chi connectivity index (χ0v) is 22.2. The van der Waals surface area contributed by atoms with Crippen molar-refractivity contribution in [2.75, 3.05) is 13.1 Å². The normalized spacial score (nSPS) is 22.0. The summed E-state index contributed by atoms with van der Waals surface area (Å²) in [6, 6.07) is 10.3. The van der Waals surface area contributed by atoms with Crippen LogP contribution in [-0.2, 0) is 21.2 Å². The Hall–Kier alpha value is -2.74. The van der Waals surface area contributed by atoms with E-state index in [1.165, 1.54) is 0 Å². The number of sulfonamides is 1. The van der Waals surface area contributed by atoms with Crippen LogP contribution in [0.2, 0.25) is 0 Å². The molecule has 1 N–H and O–H groups in total.